The van der Waals surface area contributed by atoms with E-state index in [4.69, 9.17) is 11.5 Å². The van der Waals surface area contributed by atoms with Gasteiger partial charge < -0.3 is 16.0 Å². The summed E-state index contributed by atoms with van der Waals surface area (Å²) in [7, 11) is 0. The lowest BCUT2D eigenvalue weighted by atomic mass is 9.80. The molecule has 25 heavy (non-hydrogen) atoms. The topological polar surface area (TPSA) is 128 Å². The fourth-order valence-electron chi connectivity index (χ4n) is 4.02. The Balaban J connectivity index is 1.37. The molecule has 3 heterocycles. The van der Waals surface area contributed by atoms with Crippen LogP contribution in [0.5, 0.6) is 0 Å². The van der Waals surface area contributed by atoms with E-state index in [0.29, 0.717) is 23.8 Å². The Bertz CT molecular complexity index is 707. The number of hydrogen-bond donors (Lipinski definition) is 3. The van der Waals surface area contributed by atoms with Crippen LogP contribution in [0.3, 0.4) is 0 Å². The molecule has 1 saturated carbocycles. The molecule has 0 radical (unpaired) electrons. The first kappa shape index (κ1) is 16.5. The predicted molar refractivity (Wildman–Crippen MR) is 93.7 cm³/mol. The monoisotopic (exact) mass is 345 g/mol. The quantitative estimate of drug-likeness (QED) is 0.723. The first-order valence-electron chi connectivity index (χ1n) is 9.21. The molecule has 2 aromatic rings. The zero-order valence-corrected chi connectivity index (χ0v) is 14.7. The van der Waals surface area contributed by atoms with Crippen molar-refractivity contribution in [3.8, 4) is 0 Å². The summed E-state index contributed by atoms with van der Waals surface area (Å²) in [6.45, 7) is 5.97. The molecule has 9 nitrogen and oxygen atoms in total. The van der Waals surface area contributed by atoms with E-state index in [2.05, 4.69) is 41.8 Å². The van der Waals surface area contributed by atoms with E-state index in [0.717, 1.165) is 69.3 Å². The maximum Gasteiger partial charge on any atom is 0.239 e. The number of H-pyrrole nitrogens is 1. The molecule has 2 aliphatic rings. The minimum Gasteiger partial charge on any atom is -0.367 e. The maximum atomic E-state index is 5.93. The van der Waals surface area contributed by atoms with Gasteiger partial charge in [0, 0.05) is 24.4 Å². The Kier molecular flexibility index (Phi) is 4.43. The third kappa shape index (κ3) is 3.25. The number of hydrogen-bond acceptors (Lipinski definition) is 7. The Morgan fingerprint density at radius 3 is 2.52 bits per heavy atom. The van der Waals surface area contributed by atoms with Gasteiger partial charge in [0.2, 0.25) is 5.95 Å². The van der Waals surface area contributed by atoms with Crippen molar-refractivity contribution in [1.82, 2.24) is 34.8 Å². The molecule has 2 fully saturated rings. The summed E-state index contributed by atoms with van der Waals surface area (Å²) >= 11 is 0. The van der Waals surface area contributed by atoms with Gasteiger partial charge in [-0.3, -0.25) is 10.00 Å². The summed E-state index contributed by atoms with van der Waals surface area (Å²) in [4.78, 5) is 6.72. The Morgan fingerprint density at radius 2 is 1.92 bits per heavy atom. The largest absolute Gasteiger partial charge is 0.367 e. The molecule has 1 saturated heterocycles. The van der Waals surface area contributed by atoms with Gasteiger partial charge in [-0.05, 0) is 45.7 Å². The van der Waals surface area contributed by atoms with Crippen molar-refractivity contribution < 1.29 is 0 Å². The molecule has 2 aromatic heterocycles. The number of likely N-dealkylation sites (tertiary alicyclic amines) is 1. The summed E-state index contributed by atoms with van der Waals surface area (Å²) < 4.78 is 2.28. The summed E-state index contributed by atoms with van der Waals surface area (Å²) in [6, 6.07) is 0.333. The number of nitrogen functional groups attached to an aromatic ring is 1. The average Bonchev–Trinajstić information content (AvgIpc) is 3.19. The maximum absolute atomic E-state index is 5.93. The highest BCUT2D eigenvalue weighted by atomic mass is 15.3. The van der Waals surface area contributed by atoms with Crippen LogP contribution >= 0.6 is 0 Å². The number of anilines is 1. The molecule has 4 rings (SSSR count). The fourth-order valence-corrected chi connectivity index (χ4v) is 4.02. The summed E-state index contributed by atoms with van der Waals surface area (Å²) in [6.07, 6.45) is 4.17. The Hall–Kier alpha value is -2.00. The molecule has 0 atom stereocenters. The zero-order chi connectivity index (χ0) is 17.4. The summed E-state index contributed by atoms with van der Waals surface area (Å²) in [5.41, 5.74) is 11.5. The standard InChI is InChI=1S/C16H27N9/c1-2-25-13(20-22-15(25)11-7-12(17)8-11)9-24-5-3-10(4-6-24)14-19-16(18)23-21-14/h10-12H,2-9,17H2,1H3,(H3,18,19,21,23). The first-order chi connectivity index (χ1) is 12.1. The lowest BCUT2D eigenvalue weighted by molar-refractivity contribution is 0.194. The van der Waals surface area contributed by atoms with E-state index in [9.17, 15) is 0 Å². The fraction of sp³-hybridized carbons (Fsp3) is 0.750. The molecule has 0 aromatic carbocycles. The van der Waals surface area contributed by atoms with Crippen LogP contribution in [0.15, 0.2) is 0 Å². The number of nitrogens with zero attached hydrogens (tertiary/aromatic N) is 6. The van der Waals surface area contributed by atoms with Crippen molar-refractivity contribution in [2.24, 2.45) is 5.73 Å². The van der Waals surface area contributed by atoms with Gasteiger partial charge in [0.25, 0.3) is 0 Å². The molecule has 0 amide bonds. The minimum atomic E-state index is 0.330. The van der Waals surface area contributed by atoms with Gasteiger partial charge in [-0.15, -0.1) is 15.3 Å². The van der Waals surface area contributed by atoms with Crippen LogP contribution in [0.1, 0.15) is 61.9 Å². The first-order valence-corrected chi connectivity index (χ1v) is 9.21. The zero-order valence-electron chi connectivity index (χ0n) is 14.7. The van der Waals surface area contributed by atoms with E-state index in [1.165, 1.54) is 0 Å². The molecule has 0 unspecified atom stereocenters. The molecule has 0 bridgehead atoms. The molecule has 5 N–H and O–H groups in total. The highest BCUT2D eigenvalue weighted by molar-refractivity contribution is 5.15. The third-order valence-corrected chi connectivity index (χ3v) is 5.57. The van der Waals surface area contributed by atoms with Gasteiger partial charge in [-0.1, -0.05) is 0 Å². The Morgan fingerprint density at radius 1 is 1.16 bits per heavy atom. The average molecular weight is 345 g/mol. The van der Waals surface area contributed by atoms with Gasteiger partial charge in [0.15, 0.2) is 0 Å². The second kappa shape index (κ2) is 6.72. The van der Waals surface area contributed by atoms with E-state index >= 15 is 0 Å². The van der Waals surface area contributed by atoms with E-state index in [1.807, 2.05) is 0 Å². The van der Waals surface area contributed by atoms with Crippen LogP contribution in [-0.2, 0) is 13.1 Å². The number of piperidine rings is 1. The van der Waals surface area contributed by atoms with Crippen molar-refractivity contribution in [1.29, 1.82) is 0 Å². The van der Waals surface area contributed by atoms with Gasteiger partial charge >= 0.3 is 0 Å². The smallest absolute Gasteiger partial charge is 0.239 e. The van der Waals surface area contributed by atoms with E-state index < -0.39 is 0 Å². The van der Waals surface area contributed by atoms with Crippen LogP contribution in [0, 0.1) is 0 Å². The highest BCUT2D eigenvalue weighted by Gasteiger charge is 2.32. The number of aromatic nitrogens is 6. The number of nitrogens with one attached hydrogen (secondary N) is 1. The van der Waals surface area contributed by atoms with Crippen LogP contribution < -0.4 is 11.5 Å². The van der Waals surface area contributed by atoms with Crippen LogP contribution in [0.2, 0.25) is 0 Å². The van der Waals surface area contributed by atoms with Crippen molar-refractivity contribution in [3.63, 3.8) is 0 Å². The van der Waals surface area contributed by atoms with E-state index in [1.54, 1.807) is 0 Å². The lowest BCUT2D eigenvalue weighted by Crippen LogP contribution is -2.36. The SMILES string of the molecule is CCn1c(CN2CCC(c3nc(N)n[nH]3)CC2)nnc1C1CC(N)C1. The molecule has 1 aliphatic heterocycles. The number of aromatic amines is 1. The van der Waals surface area contributed by atoms with Gasteiger partial charge in [-0.25, -0.2) is 0 Å². The predicted octanol–water partition coefficient (Wildman–Crippen LogP) is 0.583. The summed E-state index contributed by atoms with van der Waals surface area (Å²) in [5.74, 6) is 4.33. The van der Waals surface area contributed by atoms with Gasteiger partial charge in [0.1, 0.15) is 17.5 Å². The van der Waals surface area contributed by atoms with Crippen molar-refractivity contribution >= 4 is 5.95 Å². The molecule has 1 aliphatic carbocycles. The van der Waals surface area contributed by atoms with Crippen molar-refractivity contribution in [3.05, 3.63) is 17.5 Å². The highest BCUT2D eigenvalue weighted by Crippen LogP contribution is 2.35. The normalized spacial score (nSPS) is 25.2. The number of rotatable bonds is 5. The van der Waals surface area contributed by atoms with Gasteiger partial charge in [0.05, 0.1) is 6.54 Å². The van der Waals surface area contributed by atoms with Crippen molar-refractivity contribution in [2.45, 2.75) is 63.6 Å². The van der Waals surface area contributed by atoms with E-state index in [-0.39, 0.29) is 0 Å². The third-order valence-electron chi connectivity index (χ3n) is 5.57. The minimum absolute atomic E-state index is 0.330. The molecular weight excluding hydrogens is 318 g/mol. The molecule has 0 spiro atoms. The molecular formula is C16H27N9. The Labute approximate surface area is 147 Å². The van der Waals surface area contributed by atoms with Crippen LogP contribution in [0.25, 0.3) is 0 Å². The van der Waals surface area contributed by atoms with Crippen LogP contribution in [-0.4, -0.2) is 54.0 Å². The number of nitrogens with two attached hydrogens (primary N) is 2. The molecule has 136 valence electrons. The van der Waals surface area contributed by atoms with Gasteiger partial charge in [-0.2, -0.15) is 4.98 Å². The second-order valence-corrected chi connectivity index (χ2v) is 7.28. The summed E-state index contributed by atoms with van der Waals surface area (Å²) in [5, 5.41) is 15.8. The van der Waals surface area contributed by atoms with Crippen molar-refractivity contribution in [2.75, 3.05) is 18.8 Å². The van der Waals surface area contributed by atoms with Crippen LogP contribution in [0.4, 0.5) is 5.95 Å². The lowest BCUT2D eigenvalue weighted by Gasteiger charge is -2.32. The molecule has 9 heteroatoms. The second-order valence-electron chi connectivity index (χ2n) is 7.28.